The Kier molecular flexibility index (Phi) is 4.40. The molecule has 0 aliphatic rings. The molecule has 0 saturated carbocycles. The maximum absolute atomic E-state index is 11.8. The molecular formula is C14H15N3O5. The highest BCUT2D eigenvalue weighted by Crippen LogP contribution is 2.23. The first-order valence-corrected chi connectivity index (χ1v) is 6.62. The number of carboxylic acid groups (broad SMARTS) is 1. The second-order valence-corrected chi connectivity index (χ2v) is 5.02. The molecule has 1 heterocycles. The fourth-order valence-electron chi connectivity index (χ4n) is 2.02. The van der Waals surface area contributed by atoms with E-state index in [0.29, 0.717) is 16.5 Å². The Morgan fingerprint density at radius 3 is 2.82 bits per heavy atom. The molecule has 1 atom stereocenters. The number of nitro benzene ring substituents is 1. The summed E-state index contributed by atoms with van der Waals surface area (Å²) in [6, 6.07) is 4.38. The van der Waals surface area contributed by atoms with Crippen LogP contribution in [0.1, 0.15) is 12.5 Å². The van der Waals surface area contributed by atoms with Gasteiger partial charge in [-0.15, -0.1) is 0 Å². The maximum atomic E-state index is 11.8. The van der Waals surface area contributed by atoms with Gasteiger partial charge in [-0.25, -0.2) is 0 Å². The van der Waals surface area contributed by atoms with E-state index in [1.54, 1.807) is 12.3 Å². The van der Waals surface area contributed by atoms with Crippen LogP contribution in [0.4, 0.5) is 5.69 Å². The van der Waals surface area contributed by atoms with Crippen molar-refractivity contribution in [2.45, 2.75) is 13.3 Å². The van der Waals surface area contributed by atoms with E-state index < -0.39 is 16.8 Å². The van der Waals surface area contributed by atoms with Gasteiger partial charge in [0.2, 0.25) is 5.91 Å². The fraction of sp³-hybridized carbons (Fsp3) is 0.286. The third-order valence-electron chi connectivity index (χ3n) is 3.34. The topological polar surface area (TPSA) is 125 Å². The lowest BCUT2D eigenvalue weighted by Crippen LogP contribution is -2.32. The molecule has 8 heteroatoms. The predicted octanol–water partition coefficient (Wildman–Crippen LogP) is 1.46. The molecule has 0 aliphatic carbocycles. The van der Waals surface area contributed by atoms with Crippen molar-refractivity contribution >= 4 is 28.5 Å². The number of nitrogens with one attached hydrogen (secondary N) is 2. The van der Waals surface area contributed by atoms with E-state index in [2.05, 4.69) is 10.3 Å². The lowest BCUT2D eigenvalue weighted by Gasteiger charge is -2.08. The number of nitrogens with zero attached hydrogens (tertiary/aromatic N) is 1. The molecule has 0 spiro atoms. The average Bonchev–Trinajstić information content (AvgIpc) is 2.86. The molecule has 2 rings (SSSR count). The summed E-state index contributed by atoms with van der Waals surface area (Å²) < 4.78 is 0. The summed E-state index contributed by atoms with van der Waals surface area (Å²) in [5, 5.41) is 22.7. The average molecular weight is 305 g/mol. The van der Waals surface area contributed by atoms with Crippen LogP contribution in [0.25, 0.3) is 10.9 Å². The minimum Gasteiger partial charge on any atom is -0.481 e. The van der Waals surface area contributed by atoms with Crippen LogP contribution in [0, 0.1) is 16.0 Å². The fourth-order valence-corrected chi connectivity index (χ4v) is 2.02. The number of non-ortho nitro benzene ring substituents is 1. The SMILES string of the molecule is CC(CNC(=O)Cc1c[nH]c2ccc([N+](=O)[O-])cc12)C(=O)O. The zero-order valence-electron chi connectivity index (χ0n) is 11.8. The summed E-state index contributed by atoms with van der Waals surface area (Å²) in [4.78, 5) is 35.8. The van der Waals surface area contributed by atoms with E-state index in [9.17, 15) is 19.7 Å². The van der Waals surface area contributed by atoms with Crippen molar-refractivity contribution in [2.24, 2.45) is 5.92 Å². The number of carbonyl (C=O) groups excluding carboxylic acids is 1. The minimum absolute atomic E-state index is 0.0213. The molecular weight excluding hydrogens is 290 g/mol. The normalized spacial score (nSPS) is 12.0. The smallest absolute Gasteiger partial charge is 0.308 e. The van der Waals surface area contributed by atoms with E-state index >= 15 is 0 Å². The Labute approximate surface area is 125 Å². The van der Waals surface area contributed by atoms with Gasteiger partial charge in [-0.2, -0.15) is 0 Å². The van der Waals surface area contributed by atoms with Crippen LogP contribution in [-0.4, -0.2) is 33.4 Å². The standard InChI is InChI=1S/C14H15N3O5/c1-8(14(19)20)6-16-13(18)4-9-7-15-12-3-2-10(17(21)22)5-11(9)12/h2-3,5,7-8,15H,4,6H2,1H3,(H,16,18)(H,19,20). The van der Waals surface area contributed by atoms with E-state index in [0.717, 1.165) is 0 Å². The first-order valence-electron chi connectivity index (χ1n) is 6.62. The van der Waals surface area contributed by atoms with E-state index in [-0.39, 0.29) is 24.6 Å². The molecule has 0 radical (unpaired) electrons. The van der Waals surface area contributed by atoms with Crippen molar-refractivity contribution in [3.05, 3.63) is 40.1 Å². The molecule has 116 valence electrons. The Morgan fingerprint density at radius 2 is 2.18 bits per heavy atom. The van der Waals surface area contributed by atoms with Crippen LogP contribution in [0.2, 0.25) is 0 Å². The Hall–Kier alpha value is -2.90. The molecule has 0 saturated heterocycles. The summed E-state index contributed by atoms with van der Waals surface area (Å²) >= 11 is 0. The molecule has 3 N–H and O–H groups in total. The highest BCUT2D eigenvalue weighted by Gasteiger charge is 2.15. The van der Waals surface area contributed by atoms with Gasteiger partial charge in [0.25, 0.3) is 5.69 Å². The van der Waals surface area contributed by atoms with Crippen LogP contribution in [-0.2, 0) is 16.0 Å². The summed E-state index contributed by atoms with van der Waals surface area (Å²) in [5.41, 5.74) is 1.28. The number of rotatable bonds is 6. The second kappa shape index (κ2) is 6.25. The number of carbonyl (C=O) groups is 2. The van der Waals surface area contributed by atoms with Crippen LogP contribution in [0.3, 0.4) is 0 Å². The van der Waals surface area contributed by atoms with Gasteiger partial charge in [0, 0.05) is 35.8 Å². The summed E-state index contributed by atoms with van der Waals surface area (Å²) in [6.07, 6.45) is 1.64. The zero-order valence-corrected chi connectivity index (χ0v) is 11.8. The van der Waals surface area contributed by atoms with Crippen molar-refractivity contribution in [3.63, 3.8) is 0 Å². The highest BCUT2D eigenvalue weighted by atomic mass is 16.6. The molecule has 0 fully saturated rings. The number of hydrogen-bond acceptors (Lipinski definition) is 4. The second-order valence-electron chi connectivity index (χ2n) is 5.02. The largest absolute Gasteiger partial charge is 0.481 e. The summed E-state index contributed by atoms with van der Waals surface area (Å²) in [5.74, 6) is -1.99. The first-order chi connectivity index (χ1) is 10.4. The number of H-pyrrole nitrogens is 1. The number of aliphatic carboxylic acids is 1. The Bertz CT molecular complexity index is 737. The van der Waals surface area contributed by atoms with E-state index in [1.165, 1.54) is 19.1 Å². The molecule has 1 amide bonds. The number of hydrogen-bond donors (Lipinski definition) is 3. The molecule has 1 unspecified atom stereocenters. The van der Waals surface area contributed by atoms with Crippen molar-refractivity contribution in [1.82, 2.24) is 10.3 Å². The van der Waals surface area contributed by atoms with Crippen molar-refractivity contribution in [3.8, 4) is 0 Å². The molecule has 1 aromatic heterocycles. The number of amides is 1. The van der Waals surface area contributed by atoms with Crippen LogP contribution in [0.15, 0.2) is 24.4 Å². The Balaban J connectivity index is 2.11. The van der Waals surface area contributed by atoms with Crippen molar-refractivity contribution < 1.29 is 19.6 Å². The monoisotopic (exact) mass is 305 g/mol. The minimum atomic E-state index is -0.983. The summed E-state index contributed by atoms with van der Waals surface area (Å²) in [7, 11) is 0. The number of aromatic amines is 1. The van der Waals surface area contributed by atoms with Gasteiger partial charge >= 0.3 is 5.97 Å². The molecule has 0 aliphatic heterocycles. The molecule has 0 bridgehead atoms. The maximum Gasteiger partial charge on any atom is 0.308 e. The van der Waals surface area contributed by atoms with Gasteiger partial charge < -0.3 is 15.4 Å². The van der Waals surface area contributed by atoms with Gasteiger partial charge in [0.15, 0.2) is 0 Å². The lowest BCUT2D eigenvalue weighted by atomic mass is 10.1. The molecule has 2 aromatic rings. The number of nitro groups is 1. The molecule has 22 heavy (non-hydrogen) atoms. The predicted molar refractivity (Wildman–Crippen MR) is 78.5 cm³/mol. The van der Waals surface area contributed by atoms with Gasteiger partial charge in [0.05, 0.1) is 17.3 Å². The van der Waals surface area contributed by atoms with E-state index in [4.69, 9.17) is 5.11 Å². The molecule has 1 aromatic carbocycles. The van der Waals surface area contributed by atoms with Gasteiger partial charge in [0.1, 0.15) is 0 Å². The van der Waals surface area contributed by atoms with Crippen LogP contribution >= 0.6 is 0 Å². The third kappa shape index (κ3) is 3.40. The number of fused-ring (bicyclic) bond motifs is 1. The van der Waals surface area contributed by atoms with Gasteiger partial charge in [-0.05, 0) is 11.6 Å². The lowest BCUT2D eigenvalue weighted by molar-refractivity contribution is -0.384. The zero-order chi connectivity index (χ0) is 16.3. The quantitative estimate of drug-likeness (QED) is 0.550. The van der Waals surface area contributed by atoms with Gasteiger partial charge in [-0.3, -0.25) is 19.7 Å². The first kappa shape index (κ1) is 15.5. The van der Waals surface area contributed by atoms with Crippen LogP contribution in [0.5, 0.6) is 0 Å². The number of carboxylic acids is 1. The third-order valence-corrected chi connectivity index (χ3v) is 3.34. The van der Waals surface area contributed by atoms with E-state index in [1.807, 2.05) is 0 Å². The van der Waals surface area contributed by atoms with Crippen molar-refractivity contribution in [2.75, 3.05) is 6.54 Å². The highest BCUT2D eigenvalue weighted by molar-refractivity contribution is 5.90. The summed E-state index contributed by atoms with van der Waals surface area (Å²) in [6.45, 7) is 1.54. The molecule has 8 nitrogen and oxygen atoms in total. The van der Waals surface area contributed by atoms with Crippen molar-refractivity contribution in [1.29, 1.82) is 0 Å². The Morgan fingerprint density at radius 1 is 1.45 bits per heavy atom. The number of aromatic nitrogens is 1. The van der Waals surface area contributed by atoms with Crippen LogP contribution < -0.4 is 5.32 Å². The van der Waals surface area contributed by atoms with Gasteiger partial charge in [-0.1, -0.05) is 6.92 Å². The number of benzene rings is 1.